The van der Waals surface area contributed by atoms with E-state index >= 15 is 0 Å². The van der Waals surface area contributed by atoms with Crippen molar-refractivity contribution >= 4 is 28.8 Å². The van der Waals surface area contributed by atoms with Crippen molar-refractivity contribution in [3.05, 3.63) is 0 Å². The van der Waals surface area contributed by atoms with E-state index in [1.54, 1.807) is 0 Å². The maximum absolute atomic E-state index is 11.8. The number of hydrogen-bond donors (Lipinski definition) is 2. The molecule has 20 heavy (non-hydrogen) atoms. The van der Waals surface area contributed by atoms with Gasteiger partial charge < -0.3 is 15.8 Å². The Balaban J connectivity index is 4.46. The van der Waals surface area contributed by atoms with E-state index in [0.29, 0.717) is 13.0 Å². The van der Waals surface area contributed by atoms with Gasteiger partial charge in [0.25, 0.3) is 0 Å². The highest BCUT2D eigenvalue weighted by Crippen LogP contribution is 2.12. The van der Waals surface area contributed by atoms with Gasteiger partial charge in [0.2, 0.25) is 11.0 Å². The highest BCUT2D eigenvalue weighted by atomic mass is 32.2. The van der Waals surface area contributed by atoms with Crippen molar-refractivity contribution in [1.29, 1.82) is 0 Å². The molecule has 0 spiro atoms. The molecular weight excluding hydrogens is 280 g/mol. The first-order valence-electron chi connectivity index (χ1n) is 6.65. The Bertz CT molecular complexity index is 347. The first-order chi connectivity index (χ1) is 9.29. The molecule has 0 aliphatic carbocycles. The molecule has 116 valence electrons. The number of ether oxygens (including phenoxy) is 1. The molecular formula is C13H24N2O4S. The van der Waals surface area contributed by atoms with Crippen LogP contribution >= 0.6 is 11.8 Å². The molecule has 0 fully saturated rings. The fraction of sp³-hybridized carbons (Fsp3) is 0.769. The Kier molecular flexibility index (Phi) is 9.24. The van der Waals surface area contributed by atoms with Crippen LogP contribution in [0.15, 0.2) is 0 Å². The topological polar surface area (TPSA) is 98.5 Å². The second kappa shape index (κ2) is 9.77. The summed E-state index contributed by atoms with van der Waals surface area (Å²) in [5, 5.41) is 2.29. The molecule has 2 atom stereocenters. The van der Waals surface area contributed by atoms with Gasteiger partial charge in [0.1, 0.15) is 6.04 Å². The molecule has 0 saturated carbocycles. The minimum atomic E-state index is -0.827. The second-order valence-electron chi connectivity index (χ2n) is 4.82. The summed E-state index contributed by atoms with van der Waals surface area (Å²) in [6.45, 7) is 7.18. The van der Waals surface area contributed by atoms with Crippen LogP contribution in [0.4, 0.5) is 0 Å². The zero-order chi connectivity index (χ0) is 15.7. The van der Waals surface area contributed by atoms with Crippen molar-refractivity contribution in [3.63, 3.8) is 0 Å². The maximum Gasteiger partial charge on any atom is 0.329 e. The smallest absolute Gasteiger partial charge is 0.329 e. The summed E-state index contributed by atoms with van der Waals surface area (Å²) >= 11 is 0.945. The highest BCUT2D eigenvalue weighted by Gasteiger charge is 2.25. The molecule has 0 unspecified atom stereocenters. The average molecular weight is 304 g/mol. The van der Waals surface area contributed by atoms with Gasteiger partial charge in [-0.25, -0.2) is 4.79 Å². The standard InChI is InChI=1S/C13H24N2O4S/c1-5-6-19-12(17)10(15-9(4)16)7-20-13(18)11(14)8(2)3/h8,10-11H,5-7,14H2,1-4H3,(H,15,16)/t10-,11-/m0/s1. The average Bonchev–Trinajstić information content (AvgIpc) is 2.38. The highest BCUT2D eigenvalue weighted by molar-refractivity contribution is 8.13. The van der Waals surface area contributed by atoms with Crippen molar-refractivity contribution in [1.82, 2.24) is 5.32 Å². The van der Waals surface area contributed by atoms with E-state index in [1.807, 2.05) is 20.8 Å². The predicted octanol–water partition coefficient (Wildman–Crippen LogP) is 0.687. The molecule has 6 nitrogen and oxygen atoms in total. The molecule has 7 heteroatoms. The van der Waals surface area contributed by atoms with Gasteiger partial charge >= 0.3 is 5.97 Å². The van der Waals surface area contributed by atoms with E-state index in [-0.39, 0.29) is 22.7 Å². The zero-order valence-corrected chi connectivity index (χ0v) is 13.3. The molecule has 3 N–H and O–H groups in total. The Hall–Kier alpha value is -1.08. The summed E-state index contributed by atoms with van der Waals surface area (Å²) in [6.07, 6.45) is 0.697. The lowest BCUT2D eigenvalue weighted by atomic mass is 10.1. The number of amides is 1. The van der Waals surface area contributed by atoms with E-state index in [0.717, 1.165) is 11.8 Å². The third-order valence-electron chi connectivity index (χ3n) is 2.49. The van der Waals surface area contributed by atoms with Crippen LogP contribution < -0.4 is 11.1 Å². The molecule has 1 amide bonds. The van der Waals surface area contributed by atoms with Crippen LogP contribution in [0.2, 0.25) is 0 Å². The molecule has 0 aromatic carbocycles. The van der Waals surface area contributed by atoms with E-state index < -0.39 is 18.1 Å². The Morgan fingerprint density at radius 1 is 1.30 bits per heavy atom. The zero-order valence-electron chi connectivity index (χ0n) is 12.5. The lowest BCUT2D eigenvalue weighted by molar-refractivity contribution is -0.147. The van der Waals surface area contributed by atoms with Crippen LogP contribution in [0.3, 0.4) is 0 Å². The first kappa shape index (κ1) is 18.9. The van der Waals surface area contributed by atoms with E-state index in [2.05, 4.69) is 5.32 Å². The summed E-state index contributed by atoms with van der Waals surface area (Å²) in [5.74, 6) is -0.715. The Morgan fingerprint density at radius 3 is 2.35 bits per heavy atom. The molecule has 0 aliphatic heterocycles. The Morgan fingerprint density at radius 2 is 1.90 bits per heavy atom. The van der Waals surface area contributed by atoms with Gasteiger partial charge in [0.15, 0.2) is 0 Å². The van der Waals surface area contributed by atoms with E-state index in [9.17, 15) is 14.4 Å². The number of carbonyl (C=O) groups is 3. The van der Waals surface area contributed by atoms with Gasteiger partial charge in [0, 0.05) is 12.7 Å². The third-order valence-corrected chi connectivity index (χ3v) is 3.55. The van der Waals surface area contributed by atoms with Crippen LogP contribution in [0.5, 0.6) is 0 Å². The quantitative estimate of drug-likeness (QED) is 0.640. The van der Waals surface area contributed by atoms with Gasteiger partial charge in [-0.2, -0.15) is 0 Å². The van der Waals surface area contributed by atoms with Crippen LogP contribution in [-0.2, 0) is 19.1 Å². The number of rotatable bonds is 8. The number of nitrogens with one attached hydrogen (secondary N) is 1. The number of nitrogens with two attached hydrogens (primary N) is 1. The number of thioether (sulfide) groups is 1. The predicted molar refractivity (Wildman–Crippen MR) is 79.1 cm³/mol. The monoisotopic (exact) mass is 304 g/mol. The minimum Gasteiger partial charge on any atom is -0.464 e. The van der Waals surface area contributed by atoms with Gasteiger partial charge in [-0.05, 0) is 12.3 Å². The van der Waals surface area contributed by atoms with Crippen LogP contribution in [-0.4, -0.2) is 41.4 Å². The summed E-state index contributed by atoms with van der Waals surface area (Å²) in [5.41, 5.74) is 5.73. The lowest BCUT2D eigenvalue weighted by Gasteiger charge is -2.18. The fourth-order valence-electron chi connectivity index (χ4n) is 1.25. The molecule has 0 aromatic rings. The van der Waals surface area contributed by atoms with E-state index in [1.165, 1.54) is 6.92 Å². The van der Waals surface area contributed by atoms with Crippen molar-refractivity contribution in [3.8, 4) is 0 Å². The molecule has 0 aromatic heterocycles. The Labute approximate surface area is 124 Å². The molecule has 0 aliphatic rings. The van der Waals surface area contributed by atoms with Gasteiger partial charge in [-0.1, -0.05) is 32.5 Å². The normalized spacial score (nSPS) is 13.7. The summed E-state index contributed by atoms with van der Waals surface area (Å²) in [6, 6.07) is -1.41. The molecule has 0 radical (unpaired) electrons. The maximum atomic E-state index is 11.8. The fourth-order valence-corrected chi connectivity index (χ4v) is 2.27. The SMILES string of the molecule is CCCOC(=O)[C@H](CSC(=O)[C@@H](N)C(C)C)NC(C)=O. The van der Waals surface area contributed by atoms with Gasteiger partial charge in [-0.15, -0.1) is 0 Å². The summed E-state index contributed by atoms with van der Waals surface area (Å²) in [7, 11) is 0. The van der Waals surface area contributed by atoms with Crippen molar-refractivity contribution < 1.29 is 19.1 Å². The summed E-state index contributed by atoms with van der Waals surface area (Å²) in [4.78, 5) is 34.6. The molecule has 0 saturated heterocycles. The van der Waals surface area contributed by atoms with E-state index in [4.69, 9.17) is 10.5 Å². The molecule has 0 bridgehead atoms. The third kappa shape index (κ3) is 7.49. The number of hydrogen-bond acceptors (Lipinski definition) is 6. The van der Waals surface area contributed by atoms with Gasteiger partial charge in [-0.3, -0.25) is 9.59 Å². The molecule has 0 rings (SSSR count). The van der Waals surface area contributed by atoms with Gasteiger partial charge in [0.05, 0.1) is 12.6 Å². The van der Waals surface area contributed by atoms with Crippen LogP contribution in [0, 0.1) is 5.92 Å². The minimum absolute atomic E-state index is 0.0289. The van der Waals surface area contributed by atoms with Crippen molar-refractivity contribution in [2.24, 2.45) is 11.7 Å². The largest absolute Gasteiger partial charge is 0.464 e. The van der Waals surface area contributed by atoms with Crippen molar-refractivity contribution in [2.45, 2.75) is 46.2 Å². The second-order valence-corrected chi connectivity index (χ2v) is 5.84. The number of carbonyl (C=O) groups excluding carboxylic acids is 3. The lowest BCUT2D eigenvalue weighted by Crippen LogP contribution is -2.43. The first-order valence-corrected chi connectivity index (χ1v) is 7.64. The number of esters is 1. The van der Waals surface area contributed by atoms with Crippen LogP contribution in [0.25, 0.3) is 0 Å². The summed E-state index contributed by atoms with van der Waals surface area (Å²) < 4.78 is 4.98. The molecule has 0 heterocycles. The van der Waals surface area contributed by atoms with Crippen LogP contribution in [0.1, 0.15) is 34.1 Å². The van der Waals surface area contributed by atoms with Crippen molar-refractivity contribution in [2.75, 3.05) is 12.4 Å².